The Bertz CT molecular complexity index is 199. The van der Waals surface area contributed by atoms with Crippen molar-refractivity contribution in [1.29, 1.82) is 5.26 Å². The van der Waals surface area contributed by atoms with Gasteiger partial charge in [0.15, 0.2) is 0 Å². The summed E-state index contributed by atoms with van der Waals surface area (Å²) in [5, 5.41) is 19.0. The quantitative estimate of drug-likeness (QED) is 0.673. The molecule has 0 saturated carbocycles. The molecule has 1 saturated heterocycles. The summed E-state index contributed by atoms with van der Waals surface area (Å²) in [4.78, 5) is 0. The smallest absolute Gasteiger partial charge is 0.111 e. The first-order valence-corrected chi connectivity index (χ1v) is 4.29. The van der Waals surface area contributed by atoms with Crippen molar-refractivity contribution in [2.75, 3.05) is 13.2 Å². The molecule has 0 bridgehead atoms. The summed E-state index contributed by atoms with van der Waals surface area (Å²) in [6.07, 6.45) is 1.23. The van der Waals surface area contributed by atoms with Crippen LogP contribution >= 0.6 is 0 Å². The van der Waals surface area contributed by atoms with Crippen molar-refractivity contribution in [2.24, 2.45) is 5.41 Å². The molecule has 2 atom stereocenters. The molecule has 0 aromatic carbocycles. The minimum absolute atomic E-state index is 0.365. The maximum absolute atomic E-state index is 9.97. The van der Waals surface area contributed by atoms with E-state index < -0.39 is 11.0 Å². The Morgan fingerprint density at radius 3 is 2.75 bits per heavy atom. The third kappa shape index (κ3) is 1.21. The molecule has 1 aliphatic rings. The molecule has 1 heterocycles. The zero-order valence-corrected chi connectivity index (χ0v) is 7.63. The van der Waals surface area contributed by atoms with Gasteiger partial charge in [-0.2, -0.15) is 5.26 Å². The highest BCUT2D eigenvalue weighted by molar-refractivity contribution is 5.11. The summed E-state index contributed by atoms with van der Waals surface area (Å²) in [5.74, 6) is 0. The fourth-order valence-electron chi connectivity index (χ4n) is 1.54. The summed E-state index contributed by atoms with van der Waals surface area (Å²) in [7, 11) is 0. The van der Waals surface area contributed by atoms with Crippen LogP contribution in [0.4, 0.5) is 0 Å². The van der Waals surface area contributed by atoms with Gasteiger partial charge in [-0.25, -0.2) is 0 Å². The van der Waals surface area contributed by atoms with Gasteiger partial charge in [-0.15, -0.1) is 0 Å². The van der Waals surface area contributed by atoms with Crippen molar-refractivity contribution in [2.45, 2.75) is 32.3 Å². The van der Waals surface area contributed by atoms with E-state index in [0.717, 1.165) is 0 Å². The highest BCUT2D eigenvalue weighted by atomic mass is 16.5. The van der Waals surface area contributed by atoms with E-state index >= 15 is 0 Å². The highest BCUT2D eigenvalue weighted by Gasteiger charge is 2.49. The second-order valence-corrected chi connectivity index (χ2v) is 3.62. The molecular weight excluding hydrogens is 154 g/mol. The molecule has 1 fully saturated rings. The average molecular weight is 169 g/mol. The Labute approximate surface area is 73.0 Å². The van der Waals surface area contributed by atoms with Gasteiger partial charge in [0.2, 0.25) is 0 Å². The minimum Gasteiger partial charge on any atom is -0.388 e. The summed E-state index contributed by atoms with van der Waals surface area (Å²) in [6.45, 7) is 4.55. The van der Waals surface area contributed by atoms with Crippen LogP contribution in [0.2, 0.25) is 0 Å². The Morgan fingerprint density at radius 1 is 1.75 bits per heavy atom. The normalized spacial score (nSPS) is 34.2. The molecule has 1 N–H and O–H groups in total. The zero-order valence-electron chi connectivity index (χ0n) is 7.63. The first kappa shape index (κ1) is 9.50. The Morgan fingerprint density at radius 2 is 2.42 bits per heavy atom. The lowest BCUT2D eigenvalue weighted by molar-refractivity contribution is -0.0452. The van der Waals surface area contributed by atoms with Gasteiger partial charge in [-0.05, 0) is 19.8 Å². The molecule has 0 amide bonds. The maximum atomic E-state index is 9.97. The number of aliphatic hydroxyl groups is 1. The number of rotatable bonds is 2. The van der Waals surface area contributed by atoms with Crippen LogP contribution in [0.3, 0.4) is 0 Å². The topological polar surface area (TPSA) is 53.2 Å². The molecule has 0 spiro atoms. The second-order valence-electron chi connectivity index (χ2n) is 3.62. The van der Waals surface area contributed by atoms with E-state index in [4.69, 9.17) is 10.00 Å². The van der Waals surface area contributed by atoms with Crippen LogP contribution < -0.4 is 0 Å². The van der Waals surface area contributed by atoms with Crippen molar-refractivity contribution >= 4 is 0 Å². The third-order valence-electron chi connectivity index (χ3n) is 2.96. The standard InChI is InChI=1S/C9H15NO2/c1-3-8(2,11)9(6-10)4-5-12-7-9/h11H,3-5,7H2,1-2H3. The van der Waals surface area contributed by atoms with Gasteiger partial charge < -0.3 is 9.84 Å². The molecule has 0 aromatic rings. The molecule has 68 valence electrons. The highest BCUT2D eigenvalue weighted by Crippen LogP contribution is 2.40. The van der Waals surface area contributed by atoms with Crippen molar-refractivity contribution in [3.05, 3.63) is 0 Å². The number of ether oxygens (including phenoxy) is 1. The number of hydrogen-bond donors (Lipinski definition) is 1. The van der Waals surface area contributed by atoms with Crippen LogP contribution in [0, 0.1) is 16.7 Å². The number of nitriles is 1. The lowest BCUT2D eigenvalue weighted by Gasteiger charge is -2.35. The van der Waals surface area contributed by atoms with Gasteiger partial charge in [-0.1, -0.05) is 6.92 Å². The lowest BCUT2D eigenvalue weighted by Crippen LogP contribution is -2.45. The molecule has 1 rings (SSSR count). The molecule has 3 nitrogen and oxygen atoms in total. The fraction of sp³-hybridized carbons (Fsp3) is 0.889. The van der Waals surface area contributed by atoms with Crippen LogP contribution in [0.5, 0.6) is 0 Å². The Kier molecular flexibility index (Phi) is 2.41. The van der Waals surface area contributed by atoms with Crippen molar-refractivity contribution in [1.82, 2.24) is 0 Å². The third-order valence-corrected chi connectivity index (χ3v) is 2.96. The van der Waals surface area contributed by atoms with E-state index in [-0.39, 0.29) is 0 Å². The summed E-state index contributed by atoms with van der Waals surface area (Å²) < 4.78 is 5.16. The molecule has 0 aromatic heterocycles. The monoisotopic (exact) mass is 169 g/mol. The number of nitrogens with zero attached hydrogens (tertiary/aromatic N) is 1. The molecule has 3 heteroatoms. The predicted molar refractivity (Wildman–Crippen MR) is 44.4 cm³/mol. The first-order chi connectivity index (χ1) is 5.58. The molecule has 2 unspecified atom stereocenters. The Hall–Kier alpha value is -0.590. The van der Waals surface area contributed by atoms with Crippen molar-refractivity contribution in [3.63, 3.8) is 0 Å². The van der Waals surface area contributed by atoms with Gasteiger partial charge in [0.25, 0.3) is 0 Å². The van der Waals surface area contributed by atoms with E-state index in [2.05, 4.69) is 6.07 Å². The molecule has 1 aliphatic heterocycles. The maximum Gasteiger partial charge on any atom is 0.111 e. The van der Waals surface area contributed by atoms with E-state index in [1.54, 1.807) is 6.92 Å². The van der Waals surface area contributed by atoms with Gasteiger partial charge in [0, 0.05) is 6.61 Å². The minimum atomic E-state index is -0.918. The first-order valence-electron chi connectivity index (χ1n) is 4.29. The van der Waals surface area contributed by atoms with Crippen LogP contribution in [0.1, 0.15) is 26.7 Å². The van der Waals surface area contributed by atoms with E-state index in [9.17, 15) is 5.11 Å². The molecule has 12 heavy (non-hydrogen) atoms. The van der Waals surface area contributed by atoms with Gasteiger partial charge in [0.05, 0.1) is 18.3 Å². The SMILES string of the molecule is CCC(C)(O)C1(C#N)CCOC1. The summed E-state index contributed by atoms with van der Waals surface area (Å²) in [5.41, 5.74) is -1.60. The van der Waals surface area contributed by atoms with E-state index in [1.807, 2.05) is 6.92 Å². The van der Waals surface area contributed by atoms with Crippen LogP contribution in [0.25, 0.3) is 0 Å². The predicted octanol–water partition coefficient (Wildman–Crippen LogP) is 1.08. The van der Waals surface area contributed by atoms with Crippen LogP contribution in [-0.2, 0) is 4.74 Å². The average Bonchev–Trinajstić information content (AvgIpc) is 2.53. The Balaban J connectivity index is 2.88. The van der Waals surface area contributed by atoms with Crippen LogP contribution in [0.15, 0.2) is 0 Å². The lowest BCUT2D eigenvalue weighted by atomic mass is 9.72. The molecular formula is C9H15NO2. The van der Waals surface area contributed by atoms with E-state index in [1.165, 1.54) is 0 Å². The summed E-state index contributed by atoms with van der Waals surface area (Å²) >= 11 is 0. The molecule has 0 aliphatic carbocycles. The van der Waals surface area contributed by atoms with Gasteiger partial charge >= 0.3 is 0 Å². The van der Waals surface area contributed by atoms with Crippen molar-refractivity contribution in [3.8, 4) is 6.07 Å². The van der Waals surface area contributed by atoms with Gasteiger partial charge in [0.1, 0.15) is 5.41 Å². The van der Waals surface area contributed by atoms with E-state index in [0.29, 0.717) is 26.1 Å². The van der Waals surface area contributed by atoms with Crippen molar-refractivity contribution < 1.29 is 9.84 Å². The molecule has 0 radical (unpaired) electrons. The second kappa shape index (κ2) is 3.04. The zero-order chi connectivity index (χ0) is 9.24. The number of hydrogen-bond acceptors (Lipinski definition) is 3. The summed E-state index contributed by atoms with van der Waals surface area (Å²) in [6, 6.07) is 2.19. The largest absolute Gasteiger partial charge is 0.388 e. The van der Waals surface area contributed by atoms with Gasteiger partial charge in [-0.3, -0.25) is 0 Å². The fourth-order valence-corrected chi connectivity index (χ4v) is 1.54. The van der Waals surface area contributed by atoms with Crippen LogP contribution in [-0.4, -0.2) is 23.9 Å².